The molecule has 1 saturated carbocycles. The van der Waals surface area contributed by atoms with Crippen molar-refractivity contribution in [1.29, 1.82) is 0 Å². The van der Waals surface area contributed by atoms with E-state index in [1.54, 1.807) is 0 Å². The van der Waals surface area contributed by atoms with Gasteiger partial charge in [-0.25, -0.2) is 0 Å². The van der Waals surface area contributed by atoms with Gasteiger partial charge in [-0.15, -0.1) is 0 Å². The fourth-order valence-corrected chi connectivity index (χ4v) is 3.97. The summed E-state index contributed by atoms with van der Waals surface area (Å²) in [6.07, 6.45) is 4.89. The first-order valence-electron chi connectivity index (χ1n) is 8.95. The van der Waals surface area contributed by atoms with Gasteiger partial charge in [0.05, 0.1) is 12.2 Å². The second-order valence-corrected chi connectivity index (χ2v) is 7.89. The van der Waals surface area contributed by atoms with Gasteiger partial charge in [0.15, 0.2) is 0 Å². The van der Waals surface area contributed by atoms with Crippen molar-refractivity contribution in [2.24, 2.45) is 23.7 Å². The van der Waals surface area contributed by atoms with E-state index >= 15 is 0 Å². The monoisotopic (exact) mass is 294 g/mol. The van der Waals surface area contributed by atoms with Gasteiger partial charge in [-0.3, -0.25) is 10.1 Å². The minimum atomic E-state index is 0.0251. The highest BCUT2D eigenvalue weighted by Crippen LogP contribution is 2.36. The van der Waals surface area contributed by atoms with Crippen LogP contribution in [0.2, 0.25) is 0 Å². The molecule has 2 aliphatic rings. The molecule has 6 unspecified atom stereocenters. The van der Waals surface area contributed by atoms with Gasteiger partial charge in [0, 0.05) is 6.04 Å². The third-order valence-electron chi connectivity index (χ3n) is 5.98. The summed E-state index contributed by atoms with van der Waals surface area (Å²) in [5.41, 5.74) is 0. The third-order valence-corrected chi connectivity index (χ3v) is 5.98. The molecule has 1 saturated heterocycles. The fourth-order valence-electron chi connectivity index (χ4n) is 3.97. The maximum Gasteiger partial charge on any atom is 0.241 e. The summed E-state index contributed by atoms with van der Waals surface area (Å²) < 4.78 is 0. The van der Waals surface area contributed by atoms with Crippen molar-refractivity contribution in [1.82, 2.24) is 10.2 Å². The molecular formula is C18H34N2O. The smallest absolute Gasteiger partial charge is 0.241 e. The van der Waals surface area contributed by atoms with Gasteiger partial charge in [-0.2, -0.15) is 0 Å². The second kappa shape index (κ2) is 6.68. The number of nitrogens with one attached hydrogen (secondary N) is 1. The van der Waals surface area contributed by atoms with Gasteiger partial charge in [0.1, 0.15) is 0 Å². The Kier molecular flexibility index (Phi) is 5.34. The maximum absolute atomic E-state index is 13.0. The van der Waals surface area contributed by atoms with Gasteiger partial charge in [-0.1, -0.05) is 48.0 Å². The molecule has 2 fully saturated rings. The predicted octanol–water partition coefficient (Wildman–Crippen LogP) is 3.64. The fraction of sp³-hybridized carbons (Fsp3) is 0.944. The van der Waals surface area contributed by atoms with Gasteiger partial charge in [-0.05, 0) is 42.9 Å². The van der Waals surface area contributed by atoms with Crippen LogP contribution in [0, 0.1) is 23.7 Å². The number of rotatable bonds is 4. The summed E-state index contributed by atoms with van der Waals surface area (Å²) in [7, 11) is 0. The Morgan fingerprint density at radius 3 is 2.38 bits per heavy atom. The van der Waals surface area contributed by atoms with E-state index in [-0.39, 0.29) is 12.2 Å². The average molecular weight is 294 g/mol. The summed E-state index contributed by atoms with van der Waals surface area (Å²) in [6, 6.07) is 0.467. The number of hydrogen-bond donors (Lipinski definition) is 1. The van der Waals surface area contributed by atoms with Crippen molar-refractivity contribution < 1.29 is 4.79 Å². The van der Waals surface area contributed by atoms with Crippen LogP contribution in [0.5, 0.6) is 0 Å². The number of hydrogen-bond acceptors (Lipinski definition) is 2. The summed E-state index contributed by atoms with van der Waals surface area (Å²) in [4.78, 5) is 15.2. The van der Waals surface area contributed by atoms with Crippen LogP contribution in [0.15, 0.2) is 0 Å². The Morgan fingerprint density at radius 1 is 1.19 bits per heavy atom. The first-order chi connectivity index (χ1) is 9.86. The van der Waals surface area contributed by atoms with Crippen LogP contribution in [-0.4, -0.2) is 29.1 Å². The number of carbonyl (C=O) groups excluding carboxylic acids is 1. The molecular weight excluding hydrogens is 260 g/mol. The molecule has 21 heavy (non-hydrogen) atoms. The van der Waals surface area contributed by atoms with Crippen LogP contribution in [0.25, 0.3) is 0 Å². The molecule has 6 atom stereocenters. The minimum Gasteiger partial charge on any atom is -0.323 e. The van der Waals surface area contributed by atoms with Gasteiger partial charge in [0.2, 0.25) is 5.91 Å². The minimum absolute atomic E-state index is 0.0251. The lowest BCUT2D eigenvalue weighted by Crippen LogP contribution is -2.49. The molecule has 2 rings (SSSR count). The van der Waals surface area contributed by atoms with Gasteiger partial charge in [0.25, 0.3) is 0 Å². The summed E-state index contributed by atoms with van der Waals surface area (Å²) in [6.45, 7) is 13.5. The van der Waals surface area contributed by atoms with E-state index in [0.717, 1.165) is 18.3 Å². The van der Waals surface area contributed by atoms with Crippen molar-refractivity contribution in [3.05, 3.63) is 0 Å². The highest BCUT2D eigenvalue weighted by atomic mass is 16.2. The first-order valence-corrected chi connectivity index (χ1v) is 8.95. The molecule has 122 valence electrons. The SMILES string of the molecule is CCC(C)C1NC(C(C)C)N(C2CCC(C)C(C)C2)C1=O. The van der Waals surface area contributed by atoms with Crippen molar-refractivity contribution in [2.75, 3.05) is 0 Å². The van der Waals surface area contributed by atoms with Crippen molar-refractivity contribution in [3.63, 3.8) is 0 Å². The largest absolute Gasteiger partial charge is 0.323 e. The van der Waals surface area contributed by atoms with Crippen LogP contribution < -0.4 is 5.32 Å². The van der Waals surface area contributed by atoms with Gasteiger partial charge < -0.3 is 4.90 Å². The molecule has 3 heteroatoms. The Balaban J connectivity index is 2.16. The number of nitrogens with zero attached hydrogens (tertiary/aromatic N) is 1. The normalized spacial score (nSPS) is 39.1. The van der Waals surface area contributed by atoms with Crippen LogP contribution in [0.3, 0.4) is 0 Å². The molecule has 0 radical (unpaired) electrons. The van der Waals surface area contributed by atoms with E-state index in [1.807, 2.05) is 0 Å². The van der Waals surface area contributed by atoms with Gasteiger partial charge >= 0.3 is 0 Å². The van der Waals surface area contributed by atoms with E-state index in [2.05, 4.69) is 51.8 Å². The van der Waals surface area contributed by atoms with Crippen molar-refractivity contribution in [2.45, 2.75) is 85.5 Å². The Bertz CT molecular complexity index is 368. The zero-order valence-corrected chi connectivity index (χ0v) is 14.7. The molecule has 0 aromatic heterocycles. The lowest BCUT2D eigenvalue weighted by molar-refractivity contribution is -0.135. The molecule has 1 amide bonds. The predicted molar refractivity (Wildman–Crippen MR) is 87.8 cm³/mol. The Hall–Kier alpha value is -0.570. The summed E-state index contributed by atoms with van der Waals surface area (Å²) in [5, 5.41) is 3.64. The standard InChI is InChI=1S/C18H34N2O/c1-7-12(4)16-18(21)20(17(19-16)11(2)3)15-9-8-13(5)14(6)10-15/h11-17,19H,7-10H2,1-6H3. The molecule has 1 aliphatic carbocycles. The summed E-state index contributed by atoms with van der Waals surface area (Å²) >= 11 is 0. The van der Waals surface area contributed by atoms with E-state index in [9.17, 15) is 4.79 Å². The van der Waals surface area contributed by atoms with Crippen LogP contribution in [0.1, 0.15) is 67.2 Å². The molecule has 3 nitrogen and oxygen atoms in total. The number of carbonyl (C=O) groups is 1. The molecule has 0 bridgehead atoms. The van der Waals surface area contributed by atoms with E-state index in [0.29, 0.717) is 23.8 Å². The summed E-state index contributed by atoms with van der Waals surface area (Å²) in [5.74, 6) is 2.78. The van der Waals surface area contributed by atoms with Crippen LogP contribution >= 0.6 is 0 Å². The van der Waals surface area contributed by atoms with Crippen molar-refractivity contribution >= 4 is 5.91 Å². The molecule has 0 aromatic carbocycles. The van der Waals surface area contributed by atoms with E-state index < -0.39 is 0 Å². The Morgan fingerprint density at radius 2 is 1.86 bits per heavy atom. The molecule has 0 aromatic rings. The molecule has 1 aliphatic heterocycles. The van der Waals surface area contributed by atoms with E-state index in [4.69, 9.17) is 0 Å². The molecule has 1 heterocycles. The topological polar surface area (TPSA) is 32.3 Å². The first kappa shape index (κ1) is 16.8. The number of amides is 1. The molecule has 1 N–H and O–H groups in total. The van der Waals surface area contributed by atoms with E-state index in [1.165, 1.54) is 19.3 Å². The molecule has 0 spiro atoms. The zero-order valence-electron chi connectivity index (χ0n) is 14.7. The Labute approximate surface area is 130 Å². The lowest BCUT2D eigenvalue weighted by atomic mass is 9.78. The second-order valence-electron chi connectivity index (χ2n) is 7.89. The highest BCUT2D eigenvalue weighted by molar-refractivity contribution is 5.85. The maximum atomic E-state index is 13.0. The van der Waals surface area contributed by atoms with Crippen LogP contribution in [0.4, 0.5) is 0 Å². The third kappa shape index (κ3) is 3.28. The van der Waals surface area contributed by atoms with Crippen molar-refractivity contribution in [3.8, 4) is 0 Å². The lowest BCUT2D eigenvalue weighted by Gasteiger charge is -2.41. The quantitative estimate of drug-likeness (QED) is 0.858. The zero-order chi connectivity index (χ0) is 15.7. The average Bonchev–Trinajstić information content (AvgIpc) is 2.79. The van der Waals surface area contributed by atoms with Crippen LogP contribution in [-0.2, 0) is 4.79 Å². The highest BCUT2D eigenvalue weighted by Gasteiger charge is 2.46.